The van der Waals surface area contributed by atoms with Gasteiger partial charge in [-0.05, 0) is 0 Å². The van der Waals surface area contributed by atoms with Crippen molar-refractivity contribution in [1.82, 2.24) is 0 Å². The van der Waals surface area contributed by atoms with E-state index in [0.29, 0.717) is 0 Å². The Morgan fingerprint density at radius 2 is 0.400 bits per heavy atom. The average Bonchev–Trinajstić information content (AvgIpc) is 0. The zero-order valence-electron chi connectivity index (χ0n) is 2.04. The summed E-state index contributed by atoms with van der Waals surface area (Å²) in [5.74, 6) is 0. The van der Waals surface area contributed by atoms with E-state index in [1.807, 2.05) is 0 Å². The number of hydrogen-bond donors (Lipinski definition) is 0. The van der Waals surface area contributed by atoms with E-state index in [4.69, 9.17) is 0 Å². The third-order valence-corrected chi connectivity index (χ3v) is 0. The monoisotopic (exact) mass is 188 g/mol. The molecule has 0 amide bonds. The van der Waals surface area contributed by atoms with Gasteiger partial charge in [0.1, 0.15) is 0 Å². The summed E-state index contributed by atoms with van der Waals surface area (Å²) in [6, 6.07) is 0. The van der Waals surface area contributed by atoms with Gasteiger partial charge in [-0.1, -0.05) is 0 Å². The Bertz CT molecular complexity index is 4.85. The minimum absolute atomic E-state index is 0. The molecule has 5 heavy (non-hydrogen) atoms. The van der Waals surface area contributed by atoms with Crippen LogP contribution in [0.15, 0.2) is 0 Å². The average molecular weight is 188 g/mol. The van der Waals surface area contributed by atoms with E-state index in [1.165, 1.54) is 0 Å². The van der Waals surface area contributed by atoms with Gasteiger partial charge in [-0.3, -0.25) is 0 Å². The van der Waals surface area contributed by atoms with Crippen molar-refractivity contribution in [1.29, 1.82) is 0 Å². The van der Waals surface area contributed by atoms with E-state index in [0.717, 1.165) is 0 Å². The molecule has 0 rings (SSSR count). The molecule has 5 heteroatoms. The molecule has 0 aromatic rings. The Morgan fingerprint density at radius 3 is 0.400 bits per heavy atom. The Morgan fingerprint density at radius 1 is 0.400 bits per heavy atom. The second kappa shape index (κ2) is 48.9. The minimum atomic E-state index is 0. The van der Waals surface area contributed by atoms with E-state index in [9.17, 15) is 0 Å². The molecule has 0 aromatic heterocycles. The maximum Gasteiger partial charge on any atom is 3.00 e. The maximum absolute atomic E-state index is 0. The third-order valence-electron chi connectivity index (χ3n) is 0. The van der Waals surface area contributed by atoms with E-state index >= 15 is 0 Å². The van der Waals surface area contributed by atoms with Gasteiger partial charge in [0.05, 0.1) is 0 Å². The predicted octanol–water partition coefficient (Wildman–Crippen LogP) is -0.245. The van der Waals surface area contributed by atoms with Crippen LogP contribution in [0.5, 0.6) is 0 Å². The van der Waals surface area contributed by atoms with Crippen molar-refractivity contribution >= 4 is 0 Å². The Balaban J connectivity index is 0. The molecule has 3 radical (unpaired) electrons. The maximum atomic E-state index is 0. The molecule has 0 unspecified atom stereocenters. The van der Waals surface area contributed by atoms with Crippen molar-refractivity contribution in [2.75, 3.05) is 0 Å². The minimum Gasteiger partial charge on any atom is -2.00 e. The number of rotatable bonds is 0. The summed E-state index contributed by atoms with van der Waals surface area (Å²) in [6.45, 7) is 0. The fourth-order valence-electron chi connectivity index (χ4n) is 0. The first-order chi connectivity index (χ1) is 0. The number of hydrogen-bond acceptors (Lipinski definition) is 0. The molecule has 0 aliphatic rings. The smallest absolute Gasteiger partial charge is 2.00 e. The van der Waals surface area contributed by atoms with Crippen molar-refractivity contribution in [3.63, 3.8) is 0 Å². The first-order valence-corrected chi connectivity index (χ1v) is 0. The van der Waals surface area contributed by atoms with Gasteiger partial charge in [0.15, 0.2) is 0 Å². The first kappa shape index (κ1) is 86.2. The van der Waals surface area contributed by atoms with Gasteiger partial charge in [-0.2, -0.15) is 0 Å². The van der Waals surface area contributed by atoms with Crippen molar-refractivity contribution in [3.8, 4) is 0 Å². The Hall–Kier alpha value is 1.52. The van der Waals surface area contributed by atoms with Crippen molar-refractivity contribution in [2.24, 2.45) is 0 Å². The van der Waals surface area contributed by atoms with Crippen molar-refractivity contribution in [2.45, 2.75) is 0 Å². The molecule has 0 heterocycles. The van der Waals surface area contributed by atoms with Gasteiger partial charge in [-0.25, -0.2) is 0 Å². The van der Waals surface area contributed by atoms with Crippen LogP contribution in [0, 0.1) is 0 Å². The summed E-state index contributed by atoms with van der Waals surface area (Å²) in [6.07, 6.45) is 0. The molecule has 0 aliphatic heterocycles. The molecule has 0 bridgehead atoms. The van der Waals surface area contributed by atoms with Gasteiger partial charge in [0.2, 0.25) is 0 Å². The molecule has 0 saturated heterocycles. The largest absolute Gasteiger partial charge is 3.00 e. The first-order valence-electron chi connectivity index (χ1n) is 0. The molecule has 0 atom stereocenters. The SMILES string of the molecule is [Cr+3].[Cr+3].[Cr+3].[O-2].[O-2]. The Labute approximate surface area is 63.0 Å². The summed E-state index contributed by atoms with van der Waals surface area (Å²) >= 11 is 0. The molecule has 0 fully saturated rings. The third kappa shape index (κ3) is 29.6. The van der Waals surface area contributed by atoms with Gasteiger partial charge in [-0.15, -0.1) is 0 Å². The van der Waals surface area contributed by atoms with E-state index in [2.05, 4.69) is 0 Å². The topological polar surface area (TPSA) is 57.0 Å². The zero-order valence-corrected chi connectivity index (χ0v) is 5.87. The fraction of sp³-hybridized carbons (Fsp3) is 0. The van der Waals surface area contributed by atoms with E-state index in [1.54, 1.807) is 0 Å². The van der Waals surface area contributed by atoms with Gasteiger partial charge in [0, 0.05) is 0 Å². The van der Waals surface area contributed by atoms with Crippen LogP contribution in [0.25, 0.3) is 0 Å². The summed E-state index contributed by atoms with van der Waals surface area (Å²) < 4.78 is 0. The van der Waals surface area contributed by atoms with Crippen LogP contribution in [0.4, 0.5) is 0 Å². The van der Waals surface area contributed by atoms with Crippen LogP contribution in [-0.4, -0.2) is 0 Å². The van der Waals surface area contributed by atoms with Crippen LogP contribution in [0.1, 0.15) is 0 Å². The van der Waals surface area contributed by atoms with E-state index in [-0.39, 0.29) is 63.0 Å². The predicted molar refractivity (Wildman–Crippen MR) is 1.37 cm³/mol. The summed E-state index contributed by atoms with van der Waals surface area (Å²) in [5, 5.41) is 0. The summed E-state index contributed by atoms with van der Waals surface area (Å²) in [4.78, 5) is 0. The molecule has 0 aliphatic carbocycles. The normalized spacial score (nSPS) is 0. The molecule has 0 aromatic carbocycles. The molecule has 0 spiro atoms. The summed E-state index contributed by atoms with van der Waals surface area (Å²) in [7, 11) is 0. The van der Waals surface area contributed by atoms with Crippen molar-refractivity contribution in [3.05, 3.63) is 0 Å². The summed E-state index contributed by atoms with van der Waals surface area (Å²) in [5.41, 5.74) is 0. The van der Waals surface area contributed by atoms with Crippen molar-refractivity contribution < 1.29 is 63.0 Å². The second-order valence-electron chi connectivity index (χ2n) is 0. The van der Waals surface area contributed by atoms with Gasteiger partial charge >= 0.3 is 52.1 Å². The van der Waals surface area contributed by atoms with Crippen LogP contribution < -0.4 is 0 Å². The zero-order chi connectivity index (χ0) is 0. The van der Waals surface area contributed by atoms with Crippen LogP contribution in [0.3, 0.4) is 0 Å². The van der Waals surface area contributed by atoms with Crippen LogP contribution in [0.2, 0.25) is 0 Å². The molecule has 0 saturated carbocycles. The van der Waals surface area contributed by atoms with Gasteiger partial charge in [0.25, 0.3) is 0 Å². The standard InChI is InChI=1S/3Cr.2O/q3*+3;2*-2. The van der Waals surface area contributed by atoms with Crippen LogP contribution >= 0.6 is 0 Å². The Kier molecular flexibility index (Phi) is 843. The molecular formula is Cr3O2+5. The molecule has 0 N–H and O–H groups in total. The fourth-order valence-corrected chi connectivity index (χ4v) is 0. The molecule has 25 valence electrons. The van der Waals surface area contributed by atoms with Crippen LogP contribution in [-0.2, 0) is 63.0 Å². The van der Waals surface area contributed by atoms with E-state index < -0.39 is 0 Å². The molecular weight excluding hydrogens is 188 g/mol. The quantitative estimate of drug-likeness (QED) is 0.503. The second-order valence-corrected chi connectivity index (χ2v) is 0. The van der Waals surface area contributed by atoms with Gasteiger partial charge < -0.3 is 11.0 Å². The molecule has 2 nitrogen and oxygen atoms in total.